The number of ether oxygens (including phenoxy) is 1. The molecule has 0 aromatic carbocycles. The molecular formula is C17H32N4O. The van der Waals surface area contributed by atoms with Crippen molar-refractivity contribution in [2.45, 2.75) is 39.7 Å². The van der Waals surface area contributed by atoms with E-state index in [9.17, 15) is 0 Å². The highest BCUT2D eigenvalue weighted by molar-refractivity contribution is 5.79. The molecule has 1 N–H and O–H groups in total. The zero-order valence-corrected chi connectivity index (χ0v) is 14.6. The normalized spacial score (nSPS) is 11.7. The number of aromatic nitrogens is 1. The standard InChI is InChI=1S/C17H32N4O/c1-5-7-13-22-14-9-11-19-17(18-6-2)21(4)15-16-10-8-12-20(16)3/h8,10,12H,5-7,9,11,13-15H2,1-4H3,(H,18,19). The first-order valence-electron chi connectivity index (χ1n) is 8.36. The number of nitrogens with zero attached hydrogens (tertiary/aromatic N) is 3. The van der Waals surface area contributed by atoms with E-state index in [1.165, 1.54) is 12.1 Å². The van der Waals surface area contributed by atoms with Crippen molar-refractivity contribution < 1.29 is 4.74 Å². The highest BCUT2D eigenvalue weighted by Crippen LogP contribution is 2.04. The molecule has 0 amide bonds. The molecule has 1 heterocycles. The highest BCUT2D eigenvalue weighted by atomic mass is 16.5. The Labute approximate surface area is 135 Å². The molecule has 0 unspecified atom stereocenters. The van der Waals surface area contributed by atoms with Crippen LogP contribution in [-0.2, 0) is 18.3 Å². The second-order valence-corrected chi connectivity index (χ2v) is 5.52. The van der Waals surface area contributed by atoms with Crippen LogP contribution in [0.25, 0.3) is 0 Å². The van der Waals surface area contributed by atoms with E-state index in [-0.39, 0.29) is 0 Å². The maximum atomic E-state index is 5.57. The molecule has 0 saturated heterocycles. The molecule has 0 radical (unpaired) electrons. The Hall–Kier alpha value is -1.49. The number of hydrogen-bond donors (Lipinski definition) is 1. The van der Waals surface area contributed by atoms with Gasteiger partial charge >= 0.3 is 0 Å². The highest BCUT2D eigenvalue weighted by Gasteiger charge is 2.07. The number of unbranched alkanes of at least 4 members (excludes halogenated alkanes) is 1. The topological polar surface area (TPSA) is 41.8 Å². The van der Waals surface area contributed by atoms with Gasteiger partial charge in [-0.15, -0.1) is 0 Å². The molecule has 1 rings (SSSR count). The summed E-state index contributed by atoms with van der Waals surface area (Å²) in [5.74, 6) is 0.956. The van der Waals surface area contributed by atoms with Crippen LogP contribution in [0.1, 0.15) is 38.8 Å². The van der Waals surface area contributed by atoms with E-state index in [0.717, 1.165) is 51.6 Å². The minimum Gasteiger partial charge on any atom is -0.381 e. The van der Waals surface area contributed by atoms with Crippen LogP contribution in [0.4, 0.5) is 0 Å². The number of rotatable bonds is 10. The Balaban J connectivity index is 2.39. The fourth-order valence-corrected chi connectivity index (χ4v) is 2.15. The summed E-state index contributed by atoms with van der Waals surface area (Å²) < 4.78 is 7.71. The Morgan fingerprint density at radius 2 is 2.09 bits per heavy atom. The molecule has 0 aliphatic rings. The number of aryl methyl sites for hydroxylation is 1. The van der Waals surface area contributed by atoms with Gasteiger partial charge in [-0.2, -0.15) is 0 Å². The molecule has 126 valence electrons. The van der Waals surface area contributed by atoms with Gasteiger partial charge in [0.2, 0.25) is 0 Å². The third kappa shape index (κ3) is 6.98. The molecule has 0 bridgehead atoms. The lowest BCUT2D eigenvalue weighted by molar-refractivity contribution is 0.130. The van der Waals surface area contributed by atoms with Crippen LogP contribution in [0.2, 0.25) is 0 Å². The molecule has 0 fully saturated rings. The molecule has 5 nitrogen and oxygen atoms in total. The van der Waals surface area contributed by atoms with Crippen molar-refractivity contribution in [3.8, 4) is 0 Å². The van der Waals surface area contributed by atoms with E-state index in [0.29, 0.717) is 0 Å². The van der Waals surface area contributed by atoms with Crippen molar-refractivity contribution in [2.24, 2.45) is 12.0 Å². The summed E-state index contributed by atoms with van der Waals surface area (Å²) in [6.45, 7) is 8.47. The summed E-state index contributed by atoms with van der Waals surface area (Å²) in [6, 6.07) is 4.21. The van der Waals surface area contributed by atoms with Crippen molar-refractivity contribution in [3.05, 3.63) is 24.0 Å². The minimum absolute atomic E-state index is 0.796. The predicted molar refractivity (Wildman–Crippen MR) is 93.2 cm³/mol. The van der Waals surface area contributed by atoms with Crippen molar-refractivity contribution in [1.29, 1.82) is 0 Å². The van der Waals surface area contributed by atoms with Crippen LogP contribution in [0.5, 0.6) is 0 Å². The van der Waals surface area contributed by atoms with Crippen molar-refractivity contribution >= 4 is 5.96 Å². The Morgan fingerprint density at radius 3 is 2.73 bits per heavy atom. The zero-order chi connectivity index (χ0) is 16.2. The van der Waals surface area contributed by atoms with E-state index in [1.54, 1.807) is 0 Å². The summed E-state index contributed by atoms with van der Waals surface area (Å²) in [7, 11) is 4.15. The van der Waals surface area contributed by atoms with Gasteiger partial charge in [0, 0.05) is 52.3 Å². The van der Waals surface area contributed by atoms with Crippen LogP contribution in [-0.4, -0.2) is 48.8 Å². The largest absolute Gasteiger partial charge is 0.381 e. The quantitative estimate of drug-likeness (QED) is 0.410. The predicted octanol–water partition coefficient (Wildman–Crippen LogP) is 2.63. The average Bonchev–Trinajstić information content (AvgIpc) is 2.90. The number of hydrogen-bond acceptors (Lipinski definition) is 2. The maximum Gasteiger partial charge on any atom is 0.194 e. The molecular weight excluding hydrogens is 276 g/mol. The Morgan fingerprint density at radius 1 is 1.32 bits per heavy atom. The van der Waals surface area contributed by atoms with Crippen LogP contribution < -0.4 is 5.32 Å². The second kappa shape index (κ2) is 11.1. The van der Waals surface area contributed by atoms with E-state index in [1.807, 2.05) is 0 Å². The third-order valence-electron chi connectivity index (χ3n) is 3.50. The average molecular weight is 308 g/mol. The van der Waals surface area contributed by atoms with Gasteiger partial charge in [-0.05, 0) is 31.9 Å². The summed E-state index contributed by atoms with van der Waals surface area (Å²) in [4.78, 5) is 6.85. The van der Waals surface area contributed by atoms with E-state index >= 15 is 0 Å². The van der Waals surface area contributed by atoms with Crippen LogP contribution in [0, 0.1) is 0 Å². The first-order valence-corrected chi connectivity index (χ1v) is 8.36. The summed E-state index contributed by atoms with van der Waals surface area (Å²) in [6.07, 6.45) is 5.37. The second-order valence-electron chi connectivity index (χ2n) is 5.52. The van der Waals surface area contributed by atoms with Crippen LogP contribution >= 0.6 is 0 Å². The molecule has 0 atom stereocenters. The first-order chi connectivity index (χ1) is 10.7. The van der Waals surface area contributed by atoms with E-state index in [4.69, 9.17) is 4.74 Å². The lowest BCUT2D eigenvalue weighted by Crippen LogP contribution is -2.39. The first kappa shape index (κ1) is 18.6. The van der Waals surface area contributed by atoms with Crippen molar-refractivity contribution in [3.63, 3.8) is 0 Å². The molecule has 0 aliphatic heterocycles. The van der Waals surface area contributed by atoms with Gasteiger partial charge < -0.3 is 19.5 Å². The van der Waals surface area contributed by atoms with E-state index in [2.05, 4.69) is 66.0 Å². The fourth-order valence-electron chi connectivity index (χ4n) is 2.15. The van der Waals surface area contributed by atoms with Gasteiger partial charge in [0.15, 0.2) is 5.96 Å². The number of aliphatic imine (C=N–C) groups is 1. The molecule has 0 aliphatic carbocycles. The molecule has 1 aromatic rings. The van der Waals surface area contributed by atoms with E-state index < -0.39 is 0 Å². The molecule has 5 heteroatoms. The van der Waals surface area contributed by atoms with Crippen LogP contribution in [0.3, 0.4) is 0 Å². The number of nitrogens with one attached hydrogen (secondary N) is 1. The summed E-state index contributed by atoms with van der Waals surface area (Å²) >= 11 is 0. The maximum absolute atomic E-state index is 5.57. The lowest BCUT2D eigenvalue weighted by Gasteiger charge is -2.22. The van der Waals surface area contributed by atoms with Gasteiger partial charge in [0.1, 0.15) is 0 Å². The van der Waals surface area contributed by atoms with Gasteiger partial charge in [0.25, 0.3) is 0 Å². The molecule has 1 aromatic heterocycles. The Bertz CT molecular complexity index is 428. The van der Waals surface area contributed by atoms with Gasteiger partial charge in [-0.1, -0.05) is 13.3 Å². The summed E-state index contributed by atoms with van der Waals surface area (Å²) in [5, 5.41) is 3.35. The monoisotopic (exact) mass is 308 g/mol. The fraction of sp³-hybridized carbons (Fsp3) is 0.706. The van der Waals surface area contributed by atoms with Crippen LogP contribution in [0.15, 0.2) is 23.3 Å². The van der Waals surface area contributed by atoms with Gasteiger partial charge in [-0.25, -0.2) is 0 Å². The molecule has 22 heavy (non-hydrogen) atoms. The number of guanidine groups is 1. The molecule has 0 saturated carbocycles. The van der Waals surface area contributed by atoms with Gasteiger partial charge in [0.05, 0.1) is 6.54 Å². The third-order valence-corrected chi connectivity index (χ3v) is 3.50. The zero-order valence-electron chi connectivity index (χ0n) is 14.6. The lowest BCUT2D eigenvalue weighted by atomic mass is 10.4. The minimum atomic E-state index is 0.796. The molecule has 0 spiro atoms. The Kier molecular flexibility index (Phi) is 9.39. The van der Waals surface area contributed by atoms with Gasteiger partial charge in [-0.3, -0.25) is 4.99 Å². The SMILES string of the molecule is CCCCOCCCN=C(NCC)N(C)Cc1cccn1C. The van der Waals surface area contributed by atoms with Crippen molar-refractivity contribution in [2.75, 3.05) is 33.4 Å². The van der Waals surface area contributed by atoms with Crippen molar-refractivity contribution in [1.82, 2.24) is 14.8 Å². The summed E-state index contributed by atoms with van der Waals surface area (Å²) in [5.41, 5.74) is 1.27. The smallest absolute Gasteiger partial charge is 0.194 e.